The van der Waals surface area contributed by atoms with Crippen LogP contribution in [0, 0.1) is 3.57 Å². The monoisotopic (exact) mass is 383 g/mol. The van der Waals surface area contributed by atoms with Crippen LogP contribution in [0.2, 0.25) is 0 Å². The SMILES string of the molecule is O=C(Nc1cccnc1)Nc1ccc(I)cc1C(=O)O. The van der Waals surface area contributed by atoms with Crippen LogP contribution in [0.1, 0.15) is 10.4 Å². The number of carbonyl (C=O) groups excluding carboxylic acids is 1. The number of aromatic nitrogens is 1. The number of pyridine rings is 1. The van der Waals surface area contributed by atoms with Gasteiger partial charge in [-0.25, -0.2) is 9.59 Å². The summed E-state index contributed by atoms with van der Waals surface area (Å²) in [6.07, 6.45) is 3.08. The van der Waals surface area contributed by atoms with Crippen molar-refractivity contribution in [1.82, 2.24) is 4.98 Å². The number of anilines is 2. The summed E-state index contributed by atoms with van der Waals surface area (Å²) in [5, 5.41) is 14.2. The first-order chi connectivity index (χ1) is 9.56. The predicted molar refractivity (Wildman–Crippen MR) is 83.0 cm³/mol. The summed E-state index contributed by atoms with van der Waals surface area (Å²) in [7, 11) is 0. The van der Waals surface area contributed by atoms with Gasteiger partial charge >= 0.3 is 12.0 Å². The van der Waals surface area contributed by atoms with Crippen molar-refractivity contribution in [3.63, 3.8) is 0 Å². The van der Waals surface area contributed by atoms with Crippen LogP contribution < -0.4 is 10.6 Å². The number of halogens is 1. The Morgan fingerprint density at radius 1 is 1.20 bits per heavy atom. The molecule has 0 saturated heterocycles. The fourth-order valence-corrected chi connectivity index (χ4v) is 2.01. The average molecular weight is 383 g/mol. The summed E-state index contributed by atoms with van der Waals surface area (Å²) in [4.78, 5) is 26.8. The maximum absolute atomic E-state index is 11.8. The zero-order chi connectivity index (χ0) is 14.5. The Balaban J connectivity index is 2.14. The quantitative estimate of drug-likeness (QED) is 0.711. The van der Waals surface area contributed by atoms with Gasteiger partial charge in [-0.15, -0.1) is 0 Å². The fraction of sp³-hybridized carbons (Fsp3) is 0. The minimum absolute atomic E-state index is 0.0400. The molecular formula is C13H10IN3O3. The van der Waals surface area contributed by atoms with Crippen molar-refractivity contribution in [2.24, 2.45) is 0 Å². The van der Waals surface area contributed by atoms with Crippen LogP contribution in [0.5, 0.6) is 0 Å². The minimum atomic E-state index is -1.10. The standard InChI is InChI=1S/C13H10IN3O3/c14-8-3-4-11(10(6-8)12(18)19)17-13(20)16-9-2-1-5-15-7-9/h1-7H,(H,18,19)(H2,16,17,20). The smallest absolute Gasteiger partial charge is 0.337 e. The summed E-state index contributed by atoms with van der Waals surface area (Å²) >= 11 is 2.01. The van der Waals surface area contributed by atoms with Gasteiger partial charge < -0.3 is 15.7 Å². The summed E-state index contributed by atoms with van der Waals surface area (Å²) in [6, 6.07) is 7.59. The van der Waals surface area contributed by atoms with Crippen molar-refractivity contribution in [2.45, 2.75) is 0 Å². The number of hydrogen-bond acceptors (Lipinski definition) is 3. The molecule has 102 valence electrons. The van der Waals surface area contributed by atoms with Crippen molar-refractivity contribution < 1.29 is 14.7 Å². The number of carbonyl (C=O) groups is 2. The van der Waals surface area contributed by atoms with Crippen molar-refractivity contribution in [2.75, 3.05) is 10.6 Å². The van der Waals surface area contributed by atoms with Crippen molar-refractivity contribution >= 4 is 46.0 Å². The molecule has 0 saturated carbocycles. The van der Waals surface area contributed by atoms with E-state index in [0.29, 0.717) is 5.69 Å². The Morgan fingerprint density at radius 2 is 2.00 bits per heavy atom. The molecule has 7 heteroatoms. The van der Waals surface area contributed by atoms with Gasteiger partial charge in [0.15, 0.2) is 0 Å². The molecule has 1 heterocycles. The Morgan fingerprint density at radius 3 is 2.65 bits per heavy atom. The Kier molecular flexibility index (Phi) is 4.51. The van der Waals surface area contributed by atoms with Gasteiger partial charge in [0, 0.05) is 9.77 Å². The number of benzene rings is 1. The lowest BCUT2D eigenvalue weighted by Gasteiger charge is -2.10. The first kappa shape index (κ1) is 14.3. The molecule has 1 aromatic carbocycles. The van der Waals surface area contributed by atoms with E-state index in [1.54, 1.807) is 30.5 Å². The van der Waals surface area contributed by atoms with Crippen LogP contribution in [0.15, 0.2) is 42.7 Å². The van der Waals surface area contributed by atoms with E-state index in [-0.39, 0.29) is 11.3 Å². The van der Waals surface area contributed by atoms with Gasteiger partial charge in [-0.05, 0) is 52.9 Å². The molecule has 3 N–H and O–H groups in total. The zero-order valence-electron chi connectivity index (χ0n) is 10.1. The normalized spacial score (nSPS) is 9.85. The number of nitrogens with zero attached hydrogens (tertiary/aromatic N) is 1. The number of aromatic carboxylic acids is 1. The molecule has 2 amide bonds. The third-order valence-corrected chi connectivity index (χ3v) is 3.05. The average Bonchev–Trinajstić information content (AvgIpc) is 2.41. The number of rotatable bonds is 3. The van der Waals surface area contributed by atoms with E-state index < -0.39 is 12.0 Å². The second-order valence-electron chi connectivity index (χ2n) is 3.82. The molecule has 2 aromatic rings. The van der Waals surface area contributed by atoms with E-state index in [0.717, 1.165) is 3.57 Å². The molecule has 20 heavy (non-hydrogen) atoms. The van der Waals surface area contributed by atoms with E-state index in [1.807, 2.05) is 22.6 Å². The van der Waals surface area contributed by atoms with Crippen LogP contribution in [0.3, 0.4) is 0 Å². The summed E-state index contributed by atoms with van der Waals surface area (Å²) in [5.74, 6) is -1.10. The third kappa shape index (κ3) is 3.67. The number of amides is 2. The van der Waals surface area contributed by atoms with Crippen LogP contribution in [0.4, 0.5) is 16.2 Å². The lowest BCUT2D eigenvalue weighted by Crippen LogP contribution is -2.21. The predicted octanol–water partition coefficient (Wildman–Crippen LogP) is 3.03. The zero-order valence-corrected chi connectivity index (χ0v) is 12.3. The van der Waals surface area contributed by atoms with E-state index in [4.69, 9.17) is 5.11 Å². The van der Waals surface area contributed by atoms with Crippen LogP contribution in [-0.4, -0.2) is 22.1 Å². The molecule has 0 aliphatic rings. The van der Waals surface area contributed by atoms with Gasteiger partial charge in [0.05, 0.1) is 23.1 Å². The van der Waals surface area contributed by atoms with Crippen LogP contribution in [-0.2, 0) is 0 Å². The van der Waals surface area contributed by atoms with E-state index in [2.05, 4.69) is 15.6 Å². The molecule has 0 bridgehead atoms. The first-order valence-electron chi connectivity index (χ1n) is 5.57. The molecule has 0 unspecified atom stereocenters. The number of nitrogens with one attached hydrogen (secondary N) is 2. The van der Waals surface area contributed by atoms with Gasteiger partial charge in [-0.1, -0.05) is 0 Å². The molecule has 6 nitrogen and oxygen atoms in total. The fourth-order valence-electron chi connectivity index (χ4n) is 1.52. The van der Waals surface area contributed by atoms with E-state index >= 15 is 0 Å². The number of carboxylic acid groups (broad SMARTS) is 1. The van der Waals surface area contributed by atoms with Gasteiger partial charge in [-0.2, -0.15) is 0 Å². The third-order valence-electron chi connectivity index (χ3n) is 2.38. The van der Waals surface area contributed by atoms with Gasteiger partial charge in [-0.3, -0.25) is 4.98 Å². The Labute approximate surface area is 128 Å². The largest absolute Gasteiger partial charge is 0.478 e. The molecule has 1 aromatic heterocycles. The molecule has 0 aliphatic carbocycles. The highest BCUT2D eigenvalue weighted by atomic mass is 127. The highest BCUT2D eigenvalue weighted by Gasteiger charge is 2.13. The second-order valence-corrected chi connectivity index (χ2v) is 5.06. The molecule has 2 rings (SSSR count). The van der Waals surface area contributed by atoms with Gasteiger partial charge in [0.2, 0.25) is 0 Å². The summed E-state index contributed by atoms with van der Waals surface area (Å²) < 4.78 is 0.776. The molecule has 0 aliphatic heterocycles. The summed E-state index contributed by atoms with van der Waals surface area (Å²) in [6.45, 7) is 0. The highest BCUT2D eigenvalue weighted by Crippen LogP contribution is 2.19. The second kappa shape index (κ2) is 6.33. The molecule has 0 radical (unpaired) electrons. The van der Waals surface area contributed by atoms with E-state index in [9.17, 15) is 9.59 Å². The minimum Gasteiger partial charge on any atom is -0.478 e. The Bertz CT molecular complexity index is 647. The van der Waals surface area contributed by atoms with Gasteiger partial charge in [0.1, 0.15) is 0 Å². The number of urea groups is 1. The van der Waals surface area contributed by atoms with Crippen LogP contribution >= 0.6 is 22.6 Å². The molecular weight excluding hydrogens is 373 g/mol. The summed E-state index contributed by atoms with van der Waals surface area (Å²) in [5.41, 5.74) is 0.796. The number of carboxylic acids is 1. The molecule has 0 fully saturated rings. The lowest BCUT2D eigenvalue weighted by molar-refractivity contribution is 0.0698. The van der Waals surface area contributed by atoms with Crippen molar-refractivity contribution in [3.05, 3.63) is 51.9 Å². The first-order valence-corrected chi connectivity index (χ1v) is 6.65. The van der Waals surface area contributed by atoms with Crippen molar-refractivity contribution in [1.29, 1.82) is 0 Å². The van der Waals surface area contributed by atoms with Gasteiger partial charge in [0.25, 0.3) is 0 Å². The van der Waals surface area contributed by atoms with Crippen molar-refractivity contribution in [3.8, 4) is 0 Å². The topological polar surface area (TPSA) is 91.3 Å². The van der Waals surface area contributed by atoms with Crippen LogP contribution in [0.25, 0.3) is 0 Å². The molecule has 0 atom stereocenters. The lowest BCUT2D eigenvalue weighted by atomic mass is 10.2. The molecule has 0 spiro atoms. The Hall–Kier alpha value is -2.16. The van der Waals surface area contributed by atoms with E-state index in [1.165, 1.54) is 12.3 Å². The number of hydrogen-bond donors (Lipinski definition) is 3. The maximum atomic E-state index is 11.8. The maximum Gasteiger partial charge on any atom is 0.337 e. The highest BCUT2D eigenvalue weighted by molar-refractivity contribution is 14.1.